The van der Waals surface area contributed by atoms with Crippen molar-refractivity contribution in [2.24, 2.45) is 0 Å². The highest BCUT2D eigenvalue weighted by molar-refractivity contribution is 5.40. The topological polar surface area (TPSA) is 48.3 Å². The van der Waals surface area contributed by atoms with Crippen LogP contribution in [-0.2, 0) is 19.6 Å². The molecule has 1 N–H and O–H groups in total. The van der Waals surface area contributed by atoms with Crippen molar-refractivity contribution < 1.29 is 9.47 Å². The lowest BCUT2D eigenvalue weighted by Crippen LogP contribution is -2.13. The van der Waals surface area contributed by atoms with Crippen molar-refractivity contribution in [2.75, 3.05) is 14.2 Å². The molecule has 0 unspecified atom stereocenters. The van der Waals surface area contributed by atoms with Crippen LogP contribution < -0.4 is 14.8 Å². The number of aromatic nitrogens is 2. The van der Waals surface area contributed by atoms with Crippen LogP contribution in [0.25, 0.3) is 0 Å². The average Bonchev–Trinajstić information content (AvgIpc) is 2.95. The van der Waals surface area contributed by atoms with Crippen LogP contribution in [0.2, 0.25) is 0 Å². The summed E-state index contributed by atoms with van der Waals surface area (Å²) >= 11 is 0. The van der Waals surface area contributed by atoms with Crippen LogP contribution in [0.4, 0.5) is 0 Å². The molecule has 0 aliphatic rings. The predicted octanol–water partition coefficient (Wildman–Crippen LogP) is 2.21. The molecule has 0 atom stereocenters. The fourth-order valence-electron chi connectivity index (χ4n) is 2.01. The van der Waals surface area contributed by atoms with Crippen molar-refractivity contribution in [1.29, 1.82) is 0 Å². The van der Waals surface area contributed by atoms with Crippen LogP contribution in [0, 0.1) is 0 Å². The molecule has 0 saturated heterocycles. The van der Waals surface area contributed by atoms with E-state index in [2.05, 4.69) is 23.5 Å². The standard InChI is InChI=1S/C15H21N3O2/c1-4-18-11-12(9-17-18)8-16-10-13-5-6-14(19-2)7-15(13)20-3/h5-7,9,11,16H,4,8,10H2,1-3H3. The number of nitrogens with one attached hydrogen (secondary N) is 1. The third kappa shape index (κ3) is 3.51. The van der Waals surface area contributed by atoms with Gasteiger partial charge >= 0.3 is 0 Å². The number of aryl methyl sites for hydroxylation is 1. The van der Waals surface area contributed by atoms with Crippen molar-refractivity contribution in [1.82, 2.24) is 15.1 Å². The van der Waals surface area contributed by atoms with E-state index in [4.69, 9.17) is 9.47 Å². The summed E-state index contributed by atoms with van der Waals surface area (Å²) in [7, 11) is 3.32. The zero-order valence-electron chi connectivity index (χ0n) is 12.2. The van der Waals surface area contributed by atoms with Gasteiger partial charge in [0.05, 0.1) is 20.4 Å². The highest BCUT2D eigenvalue weighted by Gasteiger charge is 2.05. The molecule has 108 valence electrons. The lowest BCUT2D eigenvalue weighted by atomic mass is 10.2. The van der Waals surface area contributed by atoms with Gasteiger partial charge in [0.15, 0.2) is 0 Å². The Bertz CT molecular complexity index is 552. The Morgan fingerprint density at radius 1 is 1.20 bits per heavy atom. The quantitative estimate of drug-likeness (QED) is 0.841. The average molecular weight is 275 g/mol. The van der Waals surface area contributed by atoms with E-state index in [-0.39, 0.29) is 0 Å². The molecule has 0 spiro atoms. The Morgan fingerprint density at radius 2 is 2.05 bits per heavy atom. The summed E-state index contributed by atoms with van der Waals surface area (Å²) in [5.41, 5.74) is 2.29. The van der Waals surface area contributed by atoms with Gasteiger partial charge in [0.1, 0.15) is 11.5 Å². The first kappa shape index (κ1) is 14.4. The summed E-state index contributed by atoms with van der Waals surface area (Å²) in [6.07, 6.45) is 3.94. The summed E-state index contributed by atoms with van der Waals surface area (Å²) in [6.45, 7) is 4.50. The van der Waals surface area contributed by atoms with Gasteiger partial charge < -0.3 is 14.8 Å². The van der Waals surface area contributed by atoms with Crippen LogP contribution in [0.1, 0.15) is 18.1 Å². The van der Waals surface area contributed by atoms with Crippen molar-refractivity contribution in [3.05, 3.63) is 41.7 Å². The third-order valence-corrected chi connectivity index (χ3v) is 3.15. The number of benzene rings is 1. The first-order chi connectivity index (χ1) is 9.76. The minimum absolute atomic E-state index is 0.741. The molecule has 0 bridgehead atoms. The fourth-order valence-corrected chi connectivity index (χ4v) is 2.01. The highest BCUT2D eigenvalue weighted by atomic mass is 16.5. The van der Waals surface area contributed by atoms with E-state index in [1.807, 2.05) is 29.1 Å². The molecular weight excluding hydrogens is 254 g/mol. The first-order valence-electron chi connectivity index (χ1n) is 6.69. The molecule has 0 amide bonds. The normalized spacial score (nSPS) is 10.6. The number of hydrogen-bond donors (Lipinski definition) is 1. The maximum atomic E-state index is 5.38. The van der Waals surface area contributed by atoms with E-state index < -0.39 is 0 Å². The van der Waals surface area contributed by atoms with Crippen LogP contribution in [0.3, 0.4) is 0 Å². The first-order valence-corrected chi connectivity index (χ1v) is 6.69. The maximum absolute atomic E-state index is 5.38. The van der Waals surface area contributed by atoms with Gasteiger partial charge in [0.25, 0.3) is 0 Å². The van der Waals surface area contributed by atoms with Crippen molar-refractivity contribution in [2.45, 2.75) is 26.6 Å². The van der Waals surface area contributed by atoms with E-state index in [1.165, 1.54) is 5.56 Å². The second-order valence-electron chi connectivity index (χ2n) is 4.49. The highest BCUT2D eigenvalue weighted by Crippen LogP contribution is 2.24. The van der Waals surface area contributed by atoms with Crippen LogP contribution in [0.5, 0.6) is 11.5 Å². The Balaban J connectivity index is 1.93. The van der Waals surface area contributed by atoms with Gasteiger partial charge in [-0.1, -0.05) is 6.07 Å². The Labute approximate surface area is 119 Å². The van der Waals surface area contributed by atoms with E-state index in [0.29, 0.717) is 0 Å². The SMILES string of the molecule is CCn1cc(CNCc2ccc(OC)cc2OC)cn1. The molecule has 0 aliphatic carbocycles. The smallest absolute Gasteiger partial charge is 0.127 e. The molecule has 1 aromatic carbocycles. The predicted molar refractivity (Wildman–Crippen MR) is 78.0 cm³/mol. The van der Waals surface area contributed by atoms with Gasteiger partial charge in [-0.2, -0.15) is 5.10 Å². The Hall–Kier alpha value is -2.01. The van der Waals surface area contributed by atoms with Gasteiger partial charge in [-0.05, 0) is 13.0 Å². The third-order valence-electron chi connectivity index (χ3n) is 3.15. The molecule has 0 fully saturated rings. The largest absolute Gasteiger partial charge is 0.497 e. The summed E-state index contributed by atoms with van der Waals surface area (Å²) in [5, 5.41) is 7.65. The number of hydrogen-bond acceptors (Lipinski definition) is 4. The Morgan fingerprint density at radius 3 is 2.70 bits per heavy atom. The molecule has 5 heteroatoms. The molecule has 1 heterocycles. The van der Waals surface area contributed by atoms with Crippen molar-refractivity contribution >= 4 is 0 Å². The van der Waals surface area contributed by atoms with E-state index >= 15 is 0 Å². The van der Waals surface area contributed by atoms with Crippen LogP contribution in [0.15, 0.2) is 30.6 Å². The van der Waals surface area contributed by atoms with E-state index in [9.17, 15) is 0 Å². The van der Waals surface area contributed by atoms with Crippen molar-refractivity contribution in [3.8, 4) is 11.5 Å². The zero-order chi connectivity index (χ0) is 14.4. The molecular formula is C15H21N3O2. The van der Waals surface area contributed by atoms with Gasteiger partial charge in [-0.15, -0.1) is 0 Å². The number of nitrogens with zero attached hydrogens (tertiary/aromatic N) is 2. The lowest BCUT2D eigenvalue weighted by molar-refractivity contribution is 0.390. The zero-order valence-corrected chi connectivity index (χ0v) is 12.2. The van der Waals surface area contributed by atoms with Gasteiger partial charge in [-0.3, -0.25) is 4.68 Å². The number of methoxy groups -OCH3 is 2. The van der Waals surface area contributed by atoms with E-state index in [1.54, 1.807) is 14.2 Å². The maximum Gasteiger partial charge on any atom is 0.127 e. The lowest BCUT2D eigenvalue weighted by Gasteiger charge is -2.10. The summed E-state index contributed by atoms with van der Waals surface area (Å²) in [6, 6.07) is 5.85. The fraction of sp³-hybridized carbons (Fsp3) is 0.400. The summed E-state index contributed by atoms with van der Waals surface area (Å²) < 4.78 is 12.5. The summed E-state index contributed by atoms with van der Waals surface area (Å²) in [4.78, 5) is 0. The molecule has 0 saturated carbocycles. The molecule has 2 aromatic rings. The second-order valence-corrected chi connectivity index (χ2v) is 4.49. The Kier molecular flexibility index (Phi) is 5.01. The summed E-state index contributed by atoms with van der Waals surface area (Å²) in [5.74, 6) is 1.64. The van der Waals surface area contributed by atoms with Gasteiger partial charge in [0.2, 0.25) is 0 Å². The molecule has 0 aliphatic heterocycles. The van der Waals surface area contributed by atoms with Gasteiger partial charge in [-0.25, -0.2) is 0 Å². The monoisotopic (exact) mass is 275 g/mol. The second kappa shape index (κ2) is 6.96. The van der Waals surface area contributed by atoms with Gasteiger partial charge in [0, 0.05) is 43.0 Å². The molecule has 20 heavy (non-hydrogen) atoms. The molecule has 1 aromatic heterocycles. The number of ether oxygens (including phenoxy) is 2. The molecule has 2 rings (SSSR count). The van der Waals surface area contributed by atoms with E-state index in [0.717, 1.165) is 36.7 Å². The minimum Gasteiger partial charge on any atom is -0.497 e. The van der Waals surface area contributed by atoms with Crippen molar-refractivity contribution in [3.63, 3.8) is 0 Å². The number of rotatable bonds is 7. The molecule has 0 radical (unpaired) electrons. The minimum atomic E-state index is 0.741. The van der Waals surface area contributed by atoms with Crippen LogP contribution in [-0.4, -0.2) is 24.0 Å². The molecule has 5 nitrogen and oxygen atoms in total. The van der Waals surface area contributed by atoms with Crippen LogP contribution >= 0.6 is 0 Å².